The second kappa shape index (κ2) is 12.8. The summed E-state index contributed by atoms with van der Waals surface area (Å²) in [6.45, 7) is 9.32. The number of anilines is 2. The molecular formula is C29H36N2O4S. The van der Waals surface area contributed by atoms with Crippen LogP contribution in [0.1, 0.15) is 33.3 Å². The highest BCUT2D eigenvalue weighted by atomic mass is 32.2. The van der Waals surface area contributed by atoms with Crippen molar-refractivity contribution >= 4 is 29.1 Å². The molecule has 0 fully saturated rings. The Hall–Kier alpha value is -3.00. The fraction of sp³-hybridized carbons (Fsp3) is 0.345. The van der Waals surface area contributed by atoms with E-state index in [1.54, 1.807) is 18.7 Å². The van der Waals surface area contributed by atoms with Crippen LogP contribution >= 0.6 is 11.8 Å². The van der Waals surface area contributed by atoms with Crippen molar-refractivity contribution in [3.05, 3.63) is 78.4 Å². The van der Waals surface area contributed by atoms with Gasteiger partial charge in [-0.15, -0.1) is 0 Å². The van der Waals surface area contributed by atoms with Crippen molar-refractivity contribution in [1.82, 2.24) is 0 Å². The third kappa shape index (κ3) is 8.29. The largest absolute Gasteiger partial charge is 0.492 e. The number of nitrogens with zero attached hydrogens (tertiary/aromatic N) is 1. The van der Waals surface area contributed by atoms with E-state index in [-0.39, 0.29) is 5.54 Å². The second-order valence-electron chi connectivity index (χ2n) is 9.53. The third-order valence-corrected chi connectivity index (χ3v) is 6.23. The first-order valence-corrected chi connectivity index (χ1v) is 13.0. The second-order valence-corrected chi connectivity index (χ2v) is 10.6. The van der Waals surface area contributed by atoms with E-state index in [9.17, 15) is 9.90 Å². The van der Waals surface area contributed by atoms with Crippen LogP contribution in [0.3, 0.4) is 0 Å². The summed E-state index contributed by atoms with van der Waals surface area (Å²) in [7, 11) is 0. The van der Waals surface area contributed by atoms with E-state index in [4.69, 9.17) is 15.2 Å². The molecule has 4 rings (SSSR count). The van der Waals surface area contributed by atoms with Gasteiger partial charge in [0.25, 0.3) is 0 Å². The quantitative estimate of drug-likeness (QED) is 0.359. The highest BCUT2D eigenvalue weighted by molar-refractivity contribution is 7.99. The number of rotatable bonds is 9. The Balaban J connectivity index is 0.000000658. The maximum atomic E-state index is 11.3. The third-order valence-electron chi connectivity index (χ3n) is 5.10. The zero-order valence-corrected chi connectivity index (χ0v) is 22.3. The molecule has 3 aromatic rings. The van der Waals surface area contributed by atoms with Gasteiger partial charge in [0.15, 0.2) is 6.10 Å². The summed E-state index contributed by atoms with van der Waals surface area (Å²) < 4.78 is 11.3. The smallest absolute Gasteiger partial charge is 0.333 e. The number of hydrogen-bond acceptors (Lipinski definition) is 6. The van der Waals surface area contributed by atoms with E-state index in [1.165, 1.54) is 21.2 Å². The molecule has 0 saturated carbocycles. The molecule has 3 N–H and O–H groups in total. The lowest BCUT2D eigenvalue weighted by atomic mass is 10.1. The summed E-state index contributed by atoms with van der Waals surface area (Å²) in [5, 5.41) is 9.24. The predicted octanol–water partition coefficient (Wildman–Crippen LogP) is 6.14. The molecule has 3 aromatic carbocycles. The topological polar surface area (TPSA) is 85.0 Å². The molecule has 0 spiro atoms. The maximum absolute atomic E-state index is 11.3. The number of benzene rings is 3. The van der Waals surface area contributed by atoms with Crippen molar-refractivity contribution in [3.63, 3.8) is 0 Å². The van der Waals surface area contributed by atoms with E-state index in [0.717, 1.165) is 17.9 Å². The van der Waals surface area contributed by atoms with Crippen LogP contribution in [0.4, 0.5) is 11.4 Å². The lowest BCUT2D eigenvalue weighted by Gasteiger charge is -2.32. The molecule has 192 valence electrons. The number of carbonyl (C=O) groups is 1. The SMILES string of the molecule is CC(C)(C)N.CCOC(Cc1ccc(OCCN2c3ccccc3Sc3ccccc32)cc1)C(=O)O. The van der Waals surface area contributed by atoms with Gasteiger partial charge in [-0.3, -0.25) is 0 Å². The first kappa shape index (κ1) is 27.6. The van der Waals surface area contributed by atoms with E-state index in [1.807, 2.05) is 45.0 Å². The lowest BCUT2D eigenvalue weighted by molar-refractivity contribution is -0.149. The van der Waals surface area contributed by atoms with Crippen LogP contribution in [-0.2, 0) is 16.0 Å². The molecule has 1 aliphatic rings. The van der Waals surface area contributed by atoms with E-state index in [0.29, 0.717) is 19.6 Å². The molecule has 1 heterocycles. The van der Waals surface area contributed by atoms with Gasteiger partial charge in [0, 0.05) is 28.4 Å². The zero-order valence-electron chi connectivity index (χ0n) is 21.4. The number of fused-ring (bicyclic) bond motifs is 2. The van der Waals surface area contributed by atoms with Crippen LogP contribution < -0.4 is 15.4 Å². The van der Waals surface area contributed by atoms with Gasteiger partial charge in [-0.2, -0.15) is 0 Å². The van der Waals surface area contributed by atoms with Gasteiger partial charge in [-0.25, -0.2) is 4.79 Å². The molecule has 0 aliphatic carbocycles. The van der Waals surface area contributed by atoms with Crippen LogP contribution in [0.2, 0.25) is 0 Å². The number of aliphatic carboxylic acids is 1. The Morgan fingerprint density at radius 2 is 1.50 bits per heavy atom. The highest BCUT2D eigenvalue weighted by Gasteiger charge is 2.22. The number of nitrogens with two attached hydrogens (primary N) is 1. The average molecular weight is 509 g/mol. The van der Waals surface area contributed by atoms with Crippen molar-refractivity contribution < 1.29 is 19.4 Å². The van der Waals surface area contributed by atoms with E-state index >= 15 is 0 Å². The van der Waals surface area contributed by atoms with Gasteiger partial charge in [-0.05, 0) is 69.7 Å². The molecule has 1 aliphatic heterocycles. The van der Waals surface area contributed by atoms with Gasteiger partial charge in [-0.1, -0.05) is 48.2 Å². The molecule has 6 nitrogen and oxygen atoms in total. The van der Waals surface area contributed by atoms with Gasteiger partial charge < -0.3 is 25.2 Å². The van der Waals surface area contributed by atoms with Crippen molar-refractivity contribution in [2.24, 2.45) is 5.73 Å². The molecule has 0 saturated heterocycles. The minimum absolute atomic E-state index is 0. The van der Waals surface area contributed by atoms with Gasteiger partial charge in [0.05, 0.1) is 17.9 Å². The average Bonchev–Trinajstić information content (AvgIpc) is 2.83. The normalized spacial score (nSPS) is 13.1. The minimum atomic E-state index is -0.942. The maximum Gasteiger partial charge on any atom is 0.333 e. The van der Waals surface area contributed by atoms with Crippen LogP contribution in [0.5, 0.6) is 5.75 Å². The Labute approximate surface area is 218 Å². The molecule has 36 heavy (non-hydrogen) atoms. The summed E-state index contributed by atoms with van der Waals surface area (Å²) in [5.74, 6) is -0.178. The number of carboxylic acids is 1. The van der Waals surface area contributed by atoms with E-state index < -0.39 is 12.1 Å². The molecule has 0 aromatic heterocycles. The fourth-order valence-corrected chi connectivity index (χ4v) is 4.73. The van der Waals surface area contributed by atoms with Crippen LogP contribution in [0.15, 0.2) is 82.6 Å². The van der Waals surface area contributed by atoms with Crippen LogP contribution in [-0.4, -0.2) is 42.5 Å². The number of para-hydroxylation sites is 2. The van der Waals surface area contributed by atoms with Crippen molar-refractivity contribution in [3.8, 4) is 5.75 Å². The molecular weight excluding hydrogens is 472 g/mol. The lowest BCUT2D eigenvalue weighted by Crippen LogP contribution is -2.26. The number of ether oxygens (including phenoxy) is 2. The summed E-state index contributed by atoms with van der Waals surface area (Å²) in [6.07, 6.45) is -0.489. The Morgan fingerprint density at radius 1 is 0.972 bits per heavy atom. The van der Waals surface area contributed by atoms with Crippen LogP contribution in [0.25, 0.3) is 0 Å². The number of carboxylic acid groups (broad SMARTS) is 1. The zero-order chi connectivity index (χ0) is 26.1. The fourth-order valence-electron chi connectivity index (χ4n) is 3.63. The van der Waals surface area contributed by atoms with Crippen molar-refractivity contribution in [1.29, 1.82) is 0 Å². The summed E-state index contributed by atoms with van der Waals surface area (Å²) in [5.41, 5.74) is 8.65. The van der Waals surface area contributed by atoms with Gasteiger partial charge in [0.2, 0.25) is 0 Å². The Morgan fingerprint density at radius 3 is 2.00 bits per heavy atom. The van der Waals surface area contributed by atoms with Gasteiger partial charge in [0.1, 0.15) is 12.4 Å². The predicted molar refractivity (Wildman–Crippen MR) is 147 cm³/mol. The summed E-state index contributed by atoms with van der Waals surface area (Å²) >= 11 is 1.79. The molecule has 7 heteroatoms. The molecule has 0 bridgehead atoms. The number of hydrogen-bond donors (Lipinski definition) is 2. The molecule has 0 amide bonds. The van der Waals surface area contributed by atoms with Gasteiger partial charge >= 0.3 is 5.97 Å². The Kier molecular flexibility index (Phi) is 9.81. The Bertz CT molecular complexity index is 1080. The first-order chi connectivity index (χ1) is 17.2. The summed E-state index contributed by atoms with van der Waals surface area (Å²) in [6, 6.07) is 24.4. The summed E-state index contributed by atoms with van der Waals surface area (Å²) in [4.78, 5) is 16.1. The highest BCUT2D eigenvalue weighted by Crippen LogP contribution is 2.47. The van der Waals surface area contributed by atoms with Crippen molar-refractivity contribution in [2.75, 3.05) is 24.7 Å². The molecule has 1 atom stereocenters. The molecule has 1 unspecified atom stereocenters. The van der Waals surface area contributed by atoms with E-state index in [2.05, 4.69) is 53.4 Å². The minimum Gasteiger partial charge on any atom is -0.492 e. The van der Waals surface area contributed by atoms with Crippen LogP contribution in [0, 0.1) is 0 Å². The molecule has 0 radical (unpaired) electrons. The standard InChI is InChI=1S/C25H25NO4S.C4H11N/c1-2-29-22(25(27)28)17-18-11-13-19(14-12-18)30-16-15-26-20-7-3-5-9-23(20)31-24-10-6-4-8-21(24)26;1-4(2,3)5/h3-14,22H,2,15-17H2,1H3,(H,27,28);5H2,1-3H3. The monoisotopic (exact) mass is 508 g/mol. The van der Waals surface area contributed by atoms with Crippen molar-refractivity contribution in [2.45, 2.75) is 55.5 Å². The first-order valence-electron chi connectivity index (χ1n) is 12.1.